The zero-order chi connectivity index (χ0) is 37.2. The van der Waals surface area contributed by atoms with E-state index in [9.17, 15) is 5.26 Å². The van der Waals surface area contributed by atoms with Crippen molar-refractivity contribution in [3.63, 3.8) is 0 Å². The summed E-state index contributed by atoms with van der Waals surface area (Å²) in [6, 6.07) is 65.0. The van der Waals surface area contributed by atoms with E-state index in [-0.39, 0.29) is 0 Å². The van der Waals surface area contributed by atoms with E-state index in [1.165, 1.54) is 5.39 Å². The second kappa shape index (κ2) is 12.7. The number of rotatable bonds is 5. The topological polar surface area (TPSA) is 67.6 Å². The Bertz CT molecular complexity index is 3360. The number of nitriles is 1. The van der Waals surface area contributed by atoms with Gasteiger partial charge >= 0.3 is 0 Å². The van der Waals surface area contributed by atoms with E-state index in [1.807, 2.05) is 66.7 Å². The average Bonchev–Trinajstić information content (AvgIpc) is 3.80. The molecule has 3 aromatic heterocycles. The Balaban J connectivity index is 1.15. The number of furan rings is 1. The fourth-order valence-electron chi connectivity index (χ4n) is 8.20. The molecule has 5 heteroatoms. The molecule has 0 fully saturated rings. The van der Waals surface area contributed by atoms with Crippen LogP contribution in [-0.4, -0.2) is 14.5 Å². The number of hydrogen-bond acceptors (Lipinski definition) is 4. The van der Waals surface area contributed by atoms with E-state index in [4.69, 9.17) is 14.4 Å². The average molecular weight is 715 g/mol. The van der Waals surface area contributed by atoms with Crippen LogP contribution in [0.5, 0.6) is 0 Å². The quantitative estimate of drug-likeness (QED) is 0.178. The van der Waals surface area contributed by atoms with Crippen LogP contribution in [0.4, 0.5) is 0 Å². The first-order chi connectivity index (χ1) is 27.7. The van der Waals surface area contributed by atoms with E-state index in [0.29, 0.717) is 22.7 Å². The molecule has 0 atom stereocenters. The third-order valence-corrected chi connectivity index (χ3v) is 10.8. The van der Waals surface area contributed by atoms with Crippen molar-refractivity contribution in [2.24, 2.45) is 0 Å². The maximum absolute atomic E-state index is 10.8. The van der Waals surface area contributed by atoms with E-state index in [0.717, 1.165) is 82.7 Å². The number of hydrogen-bond donors (Lipinski definition) is 0. The molecular weight excluding hydrogens is 685 g/mol. The van der Waals surface area contributed by atoms with Gasteiger partial charge in [-0.15, -0.1) is 0 Å². The zero-order valence-electron chi connectivity index (χ0n) is 30.0. The second-order valence-corrected chi connectivity index (χ2v) is 14.1. The van der Waals surface area contributed by atoms with Crippen molar-refractivity contribution in [2.75, 3.05) is 0 Å². The van der Waals surface area contributed by atoms with Crippen LogP contribution in [0.3, 0.4) is 0 Å². The molecule has 5 nitrogen and oxygen atoms in total. The van der Waals surface area contributed by atoms with Gasteiger partial charge in [0.15, 0.2) is 11.4 Å². The highest BCUT2D eigenvalue weighted by atomic mass is 16.3. The molecule has 11 rings (SSSR count). The molecule has 0 amide bonds. The number of fused-ring (bicyclic) bond motifs is 7. The summed E-state index contributed by atoms with van der Waals surface area (Å²) in [5, 5.41) is 16.3. The van der Waals surface area contributed by atoms with Crippen LogP contribution in [0.25, 0.3) is 105 Å². The predicted molar refractivity (Wildman–Crippen MR) is 228 cm³/mol. The van der Waals surface area contributed by atoms with Crippen molar-refractivity contribution in [1.82, 2.24) is 14.5 Å². The predicted octanol–water partition coefficient (Wildman–Crippen LogP) is 13.2. The van der Waals surface area contributed by atoms with Crippen LogP contribution >= 0.6 is 0 Å². The van der Waals surface area contributed by atoms with Crippen molar-refractivity contribution in [3.05, 3.63) is 188 Å². The molecule has 0 saturated carbocycles. The van der Waals surface area contributed by atoms with Crippen molar-refractivity contribution >= 4 is 54.6 Å². The number of para-hydroxylation sites is 1. The minimum Gasteiger partial charge on any atom is -0.452 e. The van der Waals surface area contributed by atoms with Gasteiger partial charge in [-0.25, -0.2) is 9.97 Å². The summed E-state index contributed by atoms with van der Waals surface area (Å²) in [6.45, 7) is 0. The normalized spacial score (nSPS) is 11.6. The Morgan fingerprint density at radius 2 is 1.11 bits per heavy atom. The molecule has 0 N–H and O–H groups in total. The fraction of sp³-hybridized carbons (Fsp3) is 0. The number of benzene rings is 8. The Morgan fingerprint density at radius 1 is 0.482 bits per heavy atom. The van der Waals surface area contributed by atoms with Crippen molar-refractivity contribution in [2.45, 2.75) is 0 Å². The smallest absolute Gasteiger partial charge is 0.180 e. The van der Waals surface area contributed by atoms with Gasteiger partial charge < -0.3 is 8.98 Å². The molecule has 0 radical (unpaired) electrons. The SMILES string of the molecule is N#Cc1cc(-c2nc(-c3ccccc3)c3oc4cc(-c5ccccc5)c(-c5ccccc5)cc4c3n2)ccc1-n1c2ccccc2c2cc3ccccc3cc21. The van der Waals surface area contributed by atoms with Crippen LogP contribution < -0.4 is 0 Å². The number of nitrogens with zero attached hydrogens (tertiary/aromatic N) is 4. The third-order valence-electron chi connectivity index (χ3n) is 10.8. The first-order valence-corrected chi connectivity index (χ1v) is 18.6. The third kappa shape index (κ3) is 5.01. The Labute approximate surface area is 322 Å². The molecule has 0 aliphatic heterocycles. The van der Waals surface area contributed by atoms with E-state index < -0.39 is 0 Å². The van der Waals surface area contributed by atoms with Gasteiger partial charge in [-0.05, 0) is 81.6 Å². The molecule has 0 aliphatic carbocycles. The standard InChI is InChI=1S/C51H30N4O/c52-31-38-26-37(24-25-44(38)55-45-23-13-12-22-39(45)42-27-35-20-10-11-21-36(35)28-46(42)55)51-53-48(34-18-8-3-9-19-34)50-49(54-51)43-29-40(32-14-4-1-5-15-32)41(30-47(43)56-50)33-16-6-2-7-17-33/h1-30H. The van der Waals surface area contributed by atoms with Gasteiger partial charge in [-0.2, -0.15) is 5.26 Å². The fourth-order valence-corrected chi connectivity index (χ4v) is 8.20. The monoisotopic (exact) mass is 714 g/mol. The van der Waals surface area contributed by atoms with Crippen LogP contribution in [0, 0.1) is 11.3 Å². The van der Waals surface area contributed by atoms with Crippen LogP contribution in [-0.2, 0) is 0 Å². The summed E-state index contributed by atoms with van der Waals surface area (Å²) in [5.41, 5.74) is 12.2. The number of aromatic nitrogens is 3. The molecule has 0 spiro atoms. The minimum atomic E-state index is 0.517. The van der Waals surface area contributed by atoms with Crippen LogP contribution in [0.2, 0.25) is 0 Å². The Hall–Kier alpha value is -7.81. The van der Waals surface area contributed by atoms with Gasteiger partial charge in [0.2, 0.25) is 0 Å². The molecule has 11 aromatic rings. The zero-order valence-corrected chi connectivity index (χ0v) is 30.0. The molecule has 0 unspecified atom stereocenters. The minimum absolute atomic E-state index is 0.517. The van der Waals surface area contributed by atoms with Gasteiger partial charge in [-0.1, -0.05) is 133 Å². The summed E-state index contributed by atoms with van der Waals surface area (Å²) in [6.07, 6.45) is 0. The molecule has 3 heterocycles. The van der Waals surface area contributed by atoms with Crippen molar-refractivity contribution in [3.8, 4) is 56.7 Å². The molecule has 56 heavy (non-hydrogen) atoms. The van der Waals surface area contributed by atoms with Crippen molar-refractivity contribution < 1.29 is 4.42 Å². The molecule has 0 saturated heterocycles. The largest absolute Gasteiger partial charge is 0.452 e. The molecule has 8 aromatic carbocycles. The maximum atomic E-state index is 10.8. The summed E-state index contributed by atoms with van der Waals surface area (Å²) in [4.78, 5) is 10.4. The van der Waals surface area contributed by atoms with Gasteiger partial charge in [0.1, 0.15) is 22.9 Å². The van der Waals surface area contributed by atoms with E-state index >= 15 is 0 Å². The second-order valence-electron chi connectivity index (χ2n) is 14.1. The molecule has 0 aliphatic rings. The van der Waals surface area contributed by atoms with E-state index in [2.05, 4.69) is 126 Å². The summed E-state index contributed by atoms with van der Waals surface area (Å²) in [7, 11) is 0. The van der Waals surface area contributed by atoms with Gasteiger partial charge in [-0.3, -0.25) is 0 Å². The van der Waals surface area contributed by atoms with Gasteiger partial charge in [0.05, 0.1) is 22.3 Å². The Morgan fingerprint density at radius 3 is 1.82 bits per heavy atom. The van der Waals surface area contributed by atoms with Crippen LogP contribution in [0.1, 0.15) is 5.56 Å². The summed E-state index contributed by atoms with van der Waals surface area (Å²) >= 11 is 0. The molecular formula is C51H30N4O. The highest BCUT2D eigenvalue weighted by Crippen LogP contribution is 2.42. The molecule has 260 valence electrons. The summed E-state index contributed by atoms with van der Waals surface area (Å²) in [5.74, 6) is 0.517. The lowest BCUT2D eigenvalue weighted by molar-refractivity contribution is 0.667. The Kier molecular flexibility index (Phi) is 7.16. The first kappa shape index (κ1) is 31.7. The first-order valence-electron chi connectivity index (χ1n) is 18.6. The lowest BCUT2D eigenvalue weighted by Crippen LogP contribution is -1.99. The van der Waals surface area contributed by atoms with Crippen LogP contribution in [0.15, 0.2) is 186 Å². The van der Waals surface area contributed by atoms with Crippen molar-refractivity contribution in [1.29, 1.82) is 5.26 Å². The van der Waals surface area contributed by atoms with Gasteiger partial charge in [0, 0.05) is 27.3 Å². The summed E-state index contributed by atoms with van der Waals surface area (Å²) < 4.78 is 8.93. The highest BCUT2D eigenvalue weighted by Gasteiger charge is 2.22. The van der Waals surface area contributed by atoms with E-state index in [1.54, 1.807) is 0 Å². The highest BCUT2D eigenvalue weighted by molar-refractivity contribution is 6.14. The lowest BCUT2D eigenvalue weighted by atomic mass is 9.93. The van der Waals surface area contributed by atoms with Gasteiger partial charge in [0.25, 0.3) is 0 Å². The lowest BCUT2D eigenvalue weighted by Gasteiger charge is -2.12. The molecule has 0 bridgehead atoms. The maximum Gasteiger partial charge on any atom is 0.180 e.